The fourth-order valence-corrected chi connectivity index (χ4v) is 0.924. The van der Waals surface area contributed by atoms with E-state index in [0.29, 0.717) is 0 Å². The highest BCUT2D eigenvalue weighted by molar-refractivity contribution is 7.98. The summed E-state index contributed by atoms with van der Waals surface area (Å²) in [6.07, 6.45) is 0. The van der Waals surface area contributed by atoms with Crippen molar-refractivity contribution in [1.82, 2.24) is 4.31 Å². The Labute approximate surface area is 74.0 Å². The van der Waals surface area contributed by atoms with Gasteiger partial charge in [0.15, 0.2) is 0 Å². The Kier molecular flexibility index (Phi) is 5.06. The average Bonchev–Trinajstić information content (AvgIpc) is 1.99. The Morgan fingerprint density at radius 1 is 1.64 bits per heavy atom. The van der Waals surface area contributed by atoms with E-state index in [0.717, 1.165) is 16.3 Å². The van der Waals surface area contributed by atoms with E-state index in [2.05, 4.69) is 4.74 Å². The van der Waals surface area contributed by atoms with E-state index in [1.807, 2.05) is 0 Å². The molecule has 4 nitrogen and oxygen atoms in total. The standard InChI is InChI=1S/C5H8ClNO3S/c1-7(5(6)9)11-3-4(8)10-2/h3H2,1-2H3. The minimum Gasteiger partial charge on any atom is -0.468 e. The van der Waals surface area contributed by atoms with Crippen molar-refractivity contribution in [2.45, 2.75) is 0 Å². The van der Waals surface area contributed by atoms with Gasteiger partial charge in [0, 0.05) is 7.05 Å². The van der Waals surface area contributed by atoms with E-state index >= 15 is 0 Å². The number of carbonyl (C=O) groups is 2. The van der Waals surface area contributed by atoms with Gasteiger partial charge in [0.25, 0.3) is 0 Å². The first-order valence-electron chi connectivity index (χ1n) is 2.71. The van der Waals surface area contributed by atoms with Gasteiger partial charge < -0.3 is 4.74 Å². The molecule has 0 saturated heterocycles. The molecule has 0 aromatic heterocycles. The molecule has 0 spiro atoms. The molecule has 11 heavy (non-hydrogen) atoms. The zero-order valence-electron chi connectivity index (χ0n) is 6.17. The number of hydrogen-bond acceptors (Lipinski definition) is 4. The summed E-state index contributed by atoms with van der Waals surface area (Å²) in [5.41, 5.74) is 0. The summed E-state index contributed by atoms with van der Waals surface area (Å²) >= 11 is 6.06. The number of esters is 1. The van der Waals surface area contributed by atoms with Crippen molar-refractivity contribution in [3.05, 3.63) is 0 Å². The highest BCUT2D eigenvalue weighted by Crippen LogP contribution is 2.09. The number of hydrogen-bond donors (Lipinski definition) is 0. The number of methoxy groups -OCH3 is 1. The summed E-state index contributed by atoms with van der Waals surface area (Å²) in [6, 6.07) is 0. The van der Waals surface area contributed by atoms with E-state index < -0.39 is 5.37 Å². The molecule has 0 aliphatic rings. The van der Waals surface area contributed by atoms with Crippen LogP contribution in [0.1, 0.15) is 0 Å². The third-order valence-electron chi connectivity index (χ3n) is 0.851. The summed E-state index contributed by atoms with van der Waals surface area (Å²) in [7, 11) is 2.76. The monoisotopic (exact) mass is 197 g/mol. The van der Waals surface area contributed by atoms with Gasteiger partial charge in [-0.15, -0.1) is 0 Å². The van der Waals surface area contributed by atoms with Gasteiger partial charge in [-0.05, 0) is 23.5 Å². The van der Waals surface area contributed by atoms with Crippen LogP contribution in [-0.2, 0) is 9.53 Å². The minimum absolute atomic E-state index is 0.0888. The van der Waals surface area contributed by atoms with Gasteiger partial charge in [0.05, 0.1) is 7.11 Å². The molecule has 0 heterocycles. The van der Waals surface area contributed by atoms with Crippen molar-refractivity contribution >= 4 is 34.9 Å². The second-order valence-electron chi connectivity index (χ2n) is 1.60. The second kappa shape index (κ2) is 5.26. The van der Waals surface area contributed by atoms with E-state index in [1.54, 1.807) is 0 Å². The fourth-order valence-electron chi connectivity index (χ4n) is 0.259. The Hall–Kier alpha value is -0.420. The van der Waals surface area contributed by atoms with E-state index in [9.17, 15) is 9.59 Å². The van der Waals surface area contributed by atoms with Crippen LogP contribution in [0.15, 0.2) is 0 Å². The first-order chi connectivity index (χ1) is 5.07. The topological polar surface area (TPSA) is 46.6 Å². The number of halogens is 1. The second-order valence-corrected chi connectivity index (χ2v) is 3.02. The van der Waals surface area contributed by atoms with E-state index in [1.165, 1.54) is 14.2 Å². The largest absolute Gasteiger partial charge is 0.468 e. The van der Waals surface area contributed by atoms with Gasteiger partial charge in [-0.1, -0.05) is 0 Å². The van der Waals surface area contributed by atoms with Crippen molar-refractivity contribution < 1.29 is 14.3 Å². The lowest BCUT2D eigenvalue weighted by Crippen LogP contribution is -2.15. The molecule has 0 rings (SSSR count). The maximum Gasteiger partial charge on any atom is 0.326 e. The summed E-state index contributed by atoms with van der Waals surface area (Å²) in [5.74, 6) is -0.300. The molecule has 0 unspecified atom stereocenters. The molecule has 0 radical (unpaired) electrons. The molecule has 64 valence electrons. The zero-order chi connectivity index (χ0) is 8.85. The number of carbonyl (C=O) groups excluding carboxylic acids is 2. The zero-order valence-corrected chi connectivity index (χ0v) is 7.74. The fraction of sp³-hybridized carbons (Fsp3) is 0.600. The van der Waals surface area contributed by atoms with Crippen LogP contribution in [0.4, 0.5) is 4.79 Å². The van der Waals surface area contributed by atoms with E-state index in [4.69, 9.17) is 11.6 Å². The van der Waals surface area contributed by atoms with Crippen LogP contribution >= 0.6 is 23.5 Å². The summed E-state index contributed by atoms with van der Waals surface area (Å²) in [5, 5.41) is -0.612. The Balaban J connectivity index is 3.54. The van der Waals surface area contributed by atoms with Crippen LogP contribution < -0.4 is 0 Å². The first-order valence-corrected chi connectivity index (χ1v) is 4.03. The normalized spacial score (nSPS) is 9.00. The van der Waals surface area contributed by atoms with Crippen molar-refractivity contribution in [2.24, 2.45) is 0 Å². The van der Waals surface area contributed by atoms with E-state index in [-0.39, 0.29) is 11.7 Å². The minimum atomic E-state index is -0.612. The van der Waals surface area contributed by atoms with Crippen molar-refractivity contribution in [2.75, 3.05) is 19.9 Å². The number of nitrogens with zero attached hydrogens (tertiary/aromatic N) is 1. The van der Waals surface area contributed by atoms with Crippen LogP contribution in [-0.4, -0.2) is 35.6 Å². The van der Waals surface area contributed by atoms with Gasteiger partial charge in [-0.3, -0.25) is 13.9 Å². The van der Waals surface area contributed by atoms with Crippen LogP contribution in [0.25, 0.3) is 0 Å². The highest BCUT2D eigenvalue weighted by atomic mass is 35.5. The van der Waals surface area contributed by atoms with Crippen molar-refractivity contribution in [1.29, 1.82) is 0 Å². The third-order valence-corrected chi connectivity index (χ3v) is 2.12. The molecular weight excluding hydrogens is 190 g/mol. The molecule has 6 heteroatoms. The predicted octanol–water partition coefficient (Wildman–Crippen LogP) is 1.10. The first kappa shape index (κ1) is 10.6. The molecule has 0 saturated carbocycles. The lowest BCUT2D eigenvalue weighted by molar-refractivity contribution is -0.137. The Morgan fingerprint density at radius 2 is 2.18 bits per heavy atom. The summed E-state index contributed by atoms with van der Waals surface area (Å²) < 4.78 is 5.49. The van der Waals surface area contributed by atoms with Gasteiger partial charge in [-0.25, -0.2) is 0 Å². The third kappa shape index (κ3) is 4.92. The van der Waals surface area contributed by atoms with Crippen LogP contribution in [0, 0.1) is 0 Å². The van der Waals surface area contributed by atoms with Crippen molar-refractivity contribution in [3.63, 3.8) is 0 Å². The molecule has 0 aliphatic heterocycles. The Bertz CT molecular complexity index is 164. The average molecular weight is 198 g/mol. The van der Waals surface area contributed by atoms with Crippen LogP contribution in [0.5, 0.6) is 0 Å². The number of rotatable bonds is 3. The van der Waals surface area contributed by atoms with Gasteiger partial charge in [0.1, 0.15) is 5.75 Å². The van der Waals surface area contributed by atoms with Gasteiger partial charge in [0.2, 0.25) is 0 Å². The SMILES string of the molecule is COC(=O)CSN(C)C(=O)Cl. The quantitative estimate of drug-likeness (QED) is 0.294. The molecule has 0 fully saturated rings. The lowest BCUT2D eigenvalue weighted by atomic mass is 10.8. The maximum atomic E-state index is 10.5. The van der Waals surface area contributed by atoms with Gasteiger partial charge >= 0.3 is 11.3 Å². The molecule has 0 bridgehead atoms. The summed E-state index contributed by atoms with van der Waals surface area (Å²) in [4.78, 5) is 20.9. The molecule has 1 amide bonds. The van der Waals surface area contributed by atoms with Crippen molar-refractivity contribution in [3.8, 4) is 0 Å². The number of amides is 1. The highest BCUT2D eigenvalue weighted by Gasteiger charge is 2.08. The van der Waals surface area contributed by atoms with Crippen LogP contribution in [0.2, 0.25) is 0 Å². The molecule has 0 atom stereocenters. The summed E-state index contributed by atoms with van der Waals surface area (Å²) in [6.45, 7) is 0. The molecule has 0 aliphatic carbocycles. The smallest absolute Gasteiger partial charge is 0.326 e. The maximum absolute atomic E-state index is 10.5. The predicted molar refractivity (Wildman–Crippen MR) is 43.5 cm³/mol. The molecule has 0 N–H and O–H groups in total. The van der Waals surface area contributed by atoms with Gasteiger partial charge in [-0.2, -0.15) is 0 Å². The molecule has 0 aromatic rings. The van der Waals surface area contributed by atoms with Crippen LogP contribution in [0.3, 0.4) is 0 Å². The molecule has 0 aromatic carbocycles. The number of ether oxygens (including phenoxy) is 1. The lowest BCUT2D eigenvalue weighted by Gasteiger charge is -2.09. The molecular formula is C5H8ClNO3S. The Morgan fingerprint density at radius 3 is 2.55 bits per heavy atom.